The standard InChI is InChI=1S/C16H22N4O4/c1-4-10-20-14(17-18-19-20)11-24-15(21)9-8-12-6-5-7-13(22-2)16(12)23-3/h5-7H,4,8-11H2,1-3H3. The normalized spacial score (nSPS) is 10.5. The van der Waals surface area contributed by atoms with Gasteiger partial charge in [0.1, 0.15) is 0 Å². The summed E-state index contributed by atoms with van der Waals surface area (Å²) in [6.07, 6.45) is 1.64. The lowest BCUT2D eigenvalue weighted by Gasteiger charge is -2.12. The third kappa shape index (κ3) is 4.43. The first-order valence-electron chi connectivity index (χ1n) is 7.80. The lowest BCUT2D eigenvalue weighted by Crippen LogP contribution is -2.11. The van der Waals surface area contributed by atoms with Gasteiger partial charge in [-0.15, -0.1) is 5.10 Å². The van der Waals surface area contributed by atoms with Crippen molar-refractivity contribution in [3.05, 3.63) is 29.6 Å². The third-order valence-electron chi connectivity index (χ3n) is 3.49. The van der Waals surface area contributed by atoms with Crippen molar-refractivity contribution in [3.8, 4) is 11.5 Å². The van der Waals surface area contributed by atoms with E-state index in [4.69, 9.17) is 14.2 Å². The Labute approximate surface area is 140 Å². The number of nitrogens with zero attached hydrogens (tertiary/aromatic N) is 4. The van der Waals surface area contributed by atoms with E-state index in [1.807, 2.05) is 25.1 Å². The molecule has 1 aromatic heterocycles. The SMILES string of the molecule is CCCn1nnnc1COC(=O)CCc1cccc(OC)c1OC. The van der Waals surface area contributed by atoms with Crippen molar-refractivity contribution in [1.82, 2.24) is 20.2 Å². The minimum absolute atomic E-state index is 0.0705. The van der Waals surface area contributed by atoms with Gasteiger partial charge in [-0.05, 0) is 34.9 Å². The van der Waals surface area contributed by atoms with E-state index in [9.17, 15) is 4.79 Å². The maximum Gasteiger partial charge on any atom is 0.306 e. The van der Waals surface area contributed by atoms with Gasteiger partial charge in [-0.1, -0.05) is 19.1 Å². The van der Waals surface area contributed by atoms with Gasteiger partial charge in [-0.2, -0.15) is 0 Å². The van der Waals surface area contributed by atoms with Crippen LogP contribution >= 0.6 is 0 Å². The summed E-state index contributed by atoms with van der Waals surface area (Å²) in [6, 6.07) is 5.57. The molecule has 0 atom stereocenters. The Morgan fingerprint density at radius 2 is 2.08 bits per heavy atom. The molecule has 8 nitrogen and oxygen atoms in total. The Morgan fingerprint density at radius 3 is 2.79 bits per heavy atom. The van der Waals surface area contributed by atoms with Gasteiger partial charge in [0.25, 0.3) is 0 Å². The van der Waals surface area contributed by atoms with Crippen molar-refractivity contribution in [1.29, 1.82) is 0 Å². The largest absolute Gasteiger partial charge is 0.493 e. The van der Waals surface area contributed by atoms with E-state index in [1.54, 1.807) is 18.9 Å². The quantitative estimate of drug-likeness (QED) is 0.646. The van der Waals surface area contributed by atoms with Crippen LogP contribution in [0.15, 0.2) is 18.2 Å². The molecule has 0 bridgehead atoms. The van der Waals surface area contributed by atoms with Gasteiger partial charge in [-0.3, -0.25) is 4.79 Å². The molecule has 1 heterocycles. The van der Waals surface area contributed by atoms with Crippen LogP contribution in [0, 0.1) is 0 Å². The summed E-state index contributed by atoms with van der Waals surface area (Å²) in [5.74, 6) is 1.51. The number of aryl methyl sites for hydroxylation is 2. The highest BCUT2D eigenvalue weighted by Gasteiger charge is 2.13. The maximum absolute atomic E-state index is 12.0. The number of tetrazole rings is 1. The minimum Gasteiger partial charge on any atom is -0.493 e. The molecule has 0 saturated carbocycles. The van der Waals surface area contributed by atoms with Crippen molar-refractivity contribution in [2.75, 3.05) is 14.2 Å². The number of ether oxygens (including phenoxy) is 3. The number of hydrogen-bond donors (Lipinski definition) is 0. The number of methoxy groups -OCH3 is 2. The molecule has 0 saturated heterocycles. The molecule has 0 aliphatic rings. The third-order valence-corrected chi connectivity index (χ3v) is 3.49. The van der Waals surface area contributed by atoms with Gasteiger partial charge in [0.05, 0.1) is 14.2 Å². The number of aromatic nitrogens is 4. The molecule has 0 unspecified atom stereocenters. The second-order valence-corrected chi connectivity index (χ2v) is 5.13. The first-order chi connectivity index (χ1) is 11.7. The predicted molar refractivity (Wildman–Crippen MR) is 85.8 cm³/mol. The lowest BCUT2D eigenvalue weighted by molar-refractivity contribution is -0.145. The summed E-state index contributed by atoms with van der Waals surface area (Å²) in [4.78, 5) is 12.0. The van der Waals surface area contributed by atoms with Crippen LogP contribution in [0.4, 0.5) is 0 Å². The zero-order valence-electron chi connectivity index (χ0n) is 14.2. The van der Waals surface area contributed by atoms with Gasteiger partial charge < -0.3 is 14.2 Å². The molecule has 2 aromatic rings. The number of esters is 1. The highest BCUT2D eigenvalue weighted by atomic mass is 16.5. The number of carbonyl (C=O) groups is 1. The van der Waals surface area contributed by atoms with Crippen LogP contribution < -0.4 is 9.47 Å². The van der Waals surface area contributed by atoms with Gasteiger partial charge in [-0.25, -0.2) is 4.68 Å². The summed E-state index contributed by atoms with van der Waals surface area (Å²) in [5.41, 5.74) is 0.893. The summed E-state index contributed by atoms with van der Waals surface area (Å²) < 4.78 is 17.5. The average molecular weight is 334 g/mol. The molecule has 1 aromatic carbocycles. The lowest BCUT2D eigenvalue weighted by atomic mass is 10.1. The second kappa shape index (κ2) is 8.85. The first kappa shape index (κ1) is 17.7. The molecular weight excluding hydrogens is 312 g/mol. The zero-order valence-corrected chi connectivity index (χ0v) is 14.2. The van der Waals surface area contributed by atoms with E-state index >= 15 is 0 Å². The Kier molecular flexibility index (Phi) is 6.53. The van der Waals surface area contributed by atoms with E-state index < -0.39 is 0 Å². The number of para-hydroxylation sites is 1. The number of benzene rings is 1. The van der Waals surface area contributed by atoms with Crippen molar-refractivity contribution in [3.63, 3.8) is 0 Å². The Balaban J connectivity index is 1.88. The molecule has 0 amide bonds. The topological polar surface area (TPSA) is 88.4 Å². The van der Waals surface area contributed by atoms with E-state index in [0.717, 1.165) is 12.0 Å². The van der Waals surface area contributed by atoms with Crippen molar-refractivity contribution in [2.24, 2.45) is 0 Å². The predicted octanol–water partition coefficient (Wildman–Crippen LogP) is 1.78. The Bertz CT molecular complexity index is 672. The van der Waals surface area contributed by atoms with Gasteiger partial charge in [0.15, 0.2) is 23.9 Å². The summed E-state index contributed by atoms with van der Waals surface area (Å²) in [7, 11) is 3.16. The number of hydrogen-bond acceptors (Lipinski definition) is 7. The second-order valence-electron chi connectivity index (χ2n) is 5.13. The smallest absolute Gasteiger partial charge is 0.306 e. The number of rotatable bonds is 9. The molecular formula is C16H22N4O4. The maximum atomic E-state index is 12.0. The molecule has 2 rings (SSSR count). The zero-order chi connectivity index (χ0) is 17.4. The van der Waals surface area contributed by atoms with Crippen LogP contribution in [0.1, 0.15) is 31.2 Å². The molecule has 0 N–H and O–H groups in total. The van der Waals surface area contributed by atoms with Crippen molar-refractivity contribution in [2.45, 2.75) is 39.3 Å². The summed E-state index contributed by atoms with van der Waals surface area (Å²) in [6.45, 7) is 2.79. The van der Waals surface area contributed by atoms with Crippen LogP contribution in [-0.2, 0) is 29.1 Å². The van der Waals surface area contributed by atoms with E-state index in [0.29, 0.717) is 30.3 Å². The van der Waals surface area contributed by atoms with E-state index in [-0.39, 0.29) is 19.0 Å². The van der Waals surface area contributed by atoms with Crippen LogP contribution in [0.3, 0.4) is 0 Å². The fourth-order valence-corrected chi connectivity index (χ4v) is 2.32. The van der Waals surface area contributed by atoms with Crippen molar-refractivity contribution < 1.29 is 19.0 Å². The summed E-state index contributed by atoms with van der Waals surface area (Å²) in [5, 5.41) is 11.3. The fraction of sp³-hybridized carbons (Fsp3) is 0.500. The van der Waals surface area contributed by atoms with E-state index in [1.165, 1.54) is 0 Å². The van der Waals surface area contributed by atoms with Gasteiger partial charge in [0, 0.05) is 13.0 Å². The highest BCUT2D eigenvalue weighted by molar-refractivity contribution is 5.70. The molecule has 0 aliphatic carbocycles. The van der Waals surface area contributed by atoms with Crippen molar-refractivity contribution >= 4 is 5.97 Å². The Hall–Kier alpha value is -2.64. The monoisotopic (exact) mass is 334 g/mol. The van der Waals surface area contributed by atoms with Crippen LogP contribution in [0.2, 0.25) is 0 Å². The van der Waals surface area contributed by atoms with Crippen LogP contribution in [0.5, 0.6) is 11.5 Å². The van der Waals surface area contributed by atoms with E-state index in [2.05, 4.69) is 15.5 Å². The molecule has 8 heteroatoms. The first-order valence-corrected chi connectivity index (χ1v) is 7.80. The molecule has 130 valence electrons. The van der Waals surface area contributed by atoms with Crippen LogP contribution in [-0.4, -0.2) is 40.4 Å². The number of carbonyl (C=O) groups excluding carboxylic acids is 1. The average Bonchev–Trinajstić information content (AvgIpc) is 3.05. The van der Waals surface area contributed by atoms with Gasteiger partial charge >= 0.3 is 5.97 Å². The fourth-order valence-electron chi connectivity index (χ4n) is 2.32. The highest BCUT2D eigenvalue weighted by Crippen LogP contribution is 2.31. The molecule has 0 radical (unpaired) electrons. The van der Waals surface area contributed by atoms with Crippen LogP contribution in [0.25, 0.3) is 0 Å². The molecule has 24 heavy (non-hydrogen) atoms. The molecule has 0 spiro atoms. The molecule has 0 aliphatic heterocycles. The van der Waals surface area contributed by atoms with Gasteiger partial charge in [0.2, 0.25) is 0 Å². The Morgan fingerprint density at radius 1 is 1.25 bits per heavy atom. The minimum atomic E-state index is -0.314. The summed E-state index contributed by atoms with van der Waals surface area (Å²) >= 11 is 0. The molecule has 0 fully saturated rings.